The third kappa shape index (κ3) is 4.56. The van der Waals surface area contributed by atoms with Gasteiger partial charge in [0.25, 0.3) is 0 Å². The number of halogens is 1. The molecule has 0 aromatic heterocycles. The summed E-state index contributed by atoms with van der Waals surface area (Å²) < 4.78 is 0. The van der Waals surface area contributed by atoms with E-state index in [-0.39, 0.29) is 6.04 Å². The molecular formula is C16H21ClN2. The Morgan fingerprint density at radius 2 is 2.21 bits per heavy atom. The molecule has 1 unspecified atom stereocenters. The first-order valence-electron chi connectivity index (χ1n) is 6.48. The average molecular weight is 277 g/mol. The maximum atomic E-state index is 6.04. The third-order valence-corrected chi connectivity index (χ3v) is 3.09. The summed E-state index contributed by atoms with van der Waals surface area (Å²) >= 11 is 6.04. The van der Waals surface area contributed by atoms with Crippen molar-refractivity contribution in [1.82, 2.24) is 5.32 Å². The second kappa shape index (κ2) is 7.80. The Labute approximate surface area is 120 Å². The summed E-state index contributed by atoms with van der Waals surface area (Å²) in [6, 6.07) is 8.08. The van der Waals surface area contributed by atoms with Crippen LogP contribution >= 0.6 is 11.6 Å². The van der Waals surface area contributed by atoms with E-state index in [2.05, 4.69) is 29.9 Å². The number of nitrogens with one attached hydrogen (secondary N) is 1. The van der Waals surface area contributed by atoms with E-state index >= 15 is 0 Å². The van der Waals surface area contributed by atoms with Gasteiger partial charge in [-0.25, -0.2) is 0 Å². The lowest BCUT2D eigenvalue weighted by Crippen LogP contribution is -2.20. The monoisotopic (exact) mass is 276 g/mol. The Balaban J connectivity index is 2.86. The van der Waals surface area contributed by atoms with Crippen LogP contribution in [-0.2, 0) is 0 Å². The molecule has 19 heavy (non-hydrogen) atoms. The van der Waals surface area contributed by atoms with Gasteiger partial charge in [-0.15, -0.1) is 0 Å². The Bertz CT molecular complexity index is 489. The molecule has 0 saturated heterocycles. The van der Waals surface area contributed by atoms with Crippen molar-refractivity contribution in [3.8, 4) is 0 Å². The number of benzene rings is 1. The predicted molar refractivity (Wildman–Crippen MR) is 84.7 cm³/mol. The molecule has 0 saturated carbocycles. The molecule has 0 aliphatic rings. The third-order valence-electron chi connectivity index (χ3n) is 2.86. The van der Waals surface area contributed by atoms with E-state index in [1.807, 2.05) is 38.1 Å². The molecule has 0 spiro atoms. The largest absolute Gasteiger partial charge is 0.377 e. The summed E-state index contributed by atoms with van der Waals surface area (Å²) in [5.74, 6) is 0. The number of nitrogens with zero attached hydrogens (tertiary/aromatic N) is 1. The summed E-state index contributed by atoms with van der Waals surface area (Å²) in [7, 11) is 0. The highest BCUT2D eigenvalue weighted by Crippen LogP contribution is 2.22. The van der Waals surface area contributed by atoms with Gasteiger partial charge in [-0.3, -0.25) is 4.99 Å². The SMILES string of the molecule is C=C(NC(CC)c1cccc(Cl)c1)/C(=C/C)N=CC. The summed E-state index contributed by atoms with van der Waals surface area (Å²) in [5.41, 5.74) is 2.85. The second-order valence-corrected chi connectivity index (χ2v) is 4.64. The highest BCUT2D eigenvalue weighted by molar-refractivity contribution is 6.30. The van der Waals surface area contributed by atoms with Crippen molar-refractivity contribution in [3.05, 3.63) is 58.9 Å². The fourth-order valence-electron chi connectivity index (χ4n) is 1.89. The fourth-order valence-corrected chi connectivity index (χ4v) is 2.09. The lowest BCUT2D eigenvalue weighted by atomic mass is 10.0. The summed E-state index contributed by atoms with van der Waals surface area (Å²) in [4.78, 5) is 4.29. The van der Waals surface area contributed by atoms with Crippen LogP contribution in [0.25, 0.3) is 0 Å². The average Bonchev–Trinajstić information content (AvgIpc) is 2.41. The van der Waals surface area contributed by atoms with Gasteiger partial charge in [-0.2, -0.15) is 0 Å². The number of aliphatic imine (C=N–C) groups is 1. The second-order valence-electron chi connectivity index (χ2n) is 4.20. The van der Waals surface area contributed by atoms with Crippen LogP contribution in [0.4, 0.5) is 0 Å². The van der Waals surface area contributed by atoms with Crippen molar-refractivity contribution in [2.45, 2.75) is 33.2 Å². The van der Waals surface area contributed by atoms with Crippen LogP contribution < -0.4 is 5.32 Å². The van der Waals surface area contributed by atoms with Gasteiger partial charge in [-0.05, 0) is 38.0 Å². The highest BCUT2D eigenvalue weighted by Gasteiger charge is 2.11. The Kier molecular flexibility index (Phi) is 6.37. The van der Waals surface area contributed by atoms with Gasteiger partial charge in [-0.1, -0.05) is 43.3 Å². The van der Waals surface area contributed by atoms with Crippen molar-refractivity contribution < 1.29 is 0 Å². The van der Waals surface area contributed by atoms with Crippen molar-refractivity contribution in [1.29, 1.82) is 0 Å². The first kappa shape index (κ1) is 15.5. The van der Waals surface area contributed by atoms with E-state index in [1.165, 1.54) is 0 Å². The van der Waals surface area contributed by atoms with Crippen LogP contribution in [-0.4, -0.2) is 6.21 Å². The van der Waals surface area contributed by atoms with Crippen LogP contribution in [0.1, 0.15) is 38.8 Å². The first-order valence-corrected chi connectivity index (χ1v) is 6.86. The molecule has 1 N–H and O–H groups in total. The molecule has 1 aromatic rings. The van der Waals surface area contributed by atoms with Gasteiger partial charge in [0.2, 0.25) is 0 Å². The lowest BCUT2D eigenvalue weighted by molar-refractivity contribution is 0.584. The zero-order valence-electron chi connectivity index (χ0n) is 11.8. The molecule has 1 atom stereocenters. The van der Waals surface area contributed by atoms with E-state index < -0.39 is 0 Å². The molecule has 1 aromatic carbocycles. The number of hydrogen-bond donors (Lipinski definition) is 1. The van der Waals surface area contributed by atoms with Crippen LogP contribution in [0.15, 0.2) is 53.3 Å². The van der Waals surface area contributed by atoms with Crippen molar-refractivity contribution in [3.63, 3.8) is 0 Å². The zero-order chi connectivity index (χ0) is 14.3. The van der Waals surface area contributed by atoms with Gasteiger partial charge in [0, 0.05) is 11.2 Å². The lowest BCUT2D eigenvalue weighted by Gasteiger charge is -2.20. The maximum Gasteiger partial charge on any atom is 0.0808 e. The smallest absolute Gasteiger partial charge is 0.0808 e. The molecule has 3 heteroatoms. The van der Waals surface area contributed by atoms with Crippen LogP contribution in [0.3, 0.4) is 0 Å². The normalized spacial score (nSPS) is 13.6. The first-order chi connectivity index (χ1) is 9.12. The minimum Gasteiger partial charge on any atom is -0.377 e. The number of rotatable bonds is 6. The van der Waals surface area contributed by atoms with E-state index in [0.29, 0.717) is 0 Å². The number of hydrogen-bond acceptors (Lipinski definition) is 2. The Morgan fingerprint density at radius 3 is 2.74 bits per heavy atom. The minimum absolute atomic E-state index is 0.188. The molecule has 0 heterocycles. The van der Waals surface area contributed by atoms with Gasteiger partial charge in [0.1, 0.15) is 0 Å². The summed E-state index contributed by atoms with van der Waals surface area (Å²) in [6.45, 7) is 10.0. The summed E-state index contributed by atoms with van der Waals surface area (Å²) in [5, 5.41) is 4.16. The predicted octanol–water partition coefficient (Wildman–Crippen LogP) is 4.89. The molecule has 0 radical (unpaired) electrons. The molecule has 2 nitrogen and oxygen atoms in total. The highest BCUT2D eigenvalue weighted by atomic mass is 35.5. The standard InChI is InChI=1S/C16H21ClN2/c1-5-15(18-7-3)12(4)19-16(6-2)13-9-8-10-14(17)11-13/h5,7-11,16,19H,4,6H2,1-3H3/b15-5-,18-7?. The zero-order valence-corrected chi connectivity index (χ0v) is 12.5. The van der Waals surface area contributed by atoms with E-state index in [4.69, 9.17) is 11.6 Å². The Morgan fingerprint density at radius 1 is 1.47 bits per heavy atom. The van der Waals surface area contributed by atoms with E-state index in [1.54, 1.807) is 6.21 Å². The van der Waals surface area contributed by atoms with E-state index in [9.17, 15) is 0 Å². The maximum absolute atomic E-state index is 6.04. The molecular weight excluding hydrogens is 256 g/mol. The minimum atomic E-state index is 0.188. The van der Waals surface area contributed by atoms with Crippen LogP contribution in [0.5, 0.6) is 0 Å². The molecule has 1 rings (SSSR count). The molecule has 102 valence electrons. The topological polar surface area (TPSA) is 24.4 Å². The van der Waals surface area contributed by atoms with Gasteiger partial charge in [0.15, 0.2) is 0 Å². The number of allylic oxidation sites excluding steroid dienone is 1. The van der Waals surface area contributed by atoms with Gasteiger partial charge < -0.3 is 5.32 Å². The molecule has 0 amide bonds. The van der Waals surface area contributed by atoms with Crippen molar-refractivity contribution in [2.75, 3.05) is 0 Å². The van der Waals surface area contributed by atoms with Gasteiger partial charge in [0.05, 0.1) is 17.4 Å². The summed E-state index contributed by atoms with van der Waals surface area (Å²) in [6.07, 6.45) is 4.66. The molecule has 0 aliphatic carbocycles. The molecule has 0 fully saturated rings. The molecule has 0 aliphatic heterocycles. The van der Waals surface area contributed by atoms with Crippen molar-refractivity contribution >= 4 is 17.8 Å². The quantitative estimate of drug-likeness (QED) is 0.581. The molecule has 0 bridgehead atoms. The van der Waals surface area contributed by atoms with E-state index in [0.717, 1.165) is 28.4 Å². The van der Waals surface area contributed by atoms with Crippen LogP contribution in [0, 0.1) is 0 Å². The van der Waals surface area contributed by atoms with Crippen molar-refractivity contribution in [2.24, 2.45) is 4.99 Å². The fraction of sp³-hybridized carbons (Fsp3) is 0.312. The Hall–Kier alpha value is -1.54. The van der Waals surface area contributed by atoms with Gasteiger partial charge >= 0.3 is 0 Å². The van der Waals surface area contributed by atoms with Crippen LogP contribution in [0.2, 0.25) is 5.02 Å².